The minimum atomic E-state index is 0.0287. The van der Waals surface area contributed by atoms with Crippen LogP contribution in [-0.2, 0) is 11.3 Å². The molecule has 1 heterocycles. The lowest BCUT2D eigenvalue weighted by Gasteiger charge is -2.04. The van der Waals surface area contributed by atoms with E-state index < -0.39 is 0 Å². The van der Waals surface area contributed by atoms with Gasteiger partial charge in [-0.1, -0.05) is 0 Å². The molecule has 1 aromatic rings. The molecule has 0 amide bonds. The molecule has 1 aromatic heterocycles. The summed E-state index contributed by atoms with van der Waals surface area (Å²) in [7, 11) is 0. The van der Waals surface area contributed by atoms with Crippen LogP contribution in [0.5, 0.6) is 0 Å². The topological polar surface area (TPSA) is 39.1 Å². The van der Waals surface area contributed by atoms with Gasteiger partial charge in [0.05, 0.1) is 13.7 Å². The molecule has 70 valence electrons. The van der Waals surface area contributed by atoms with Gasteiger partial charge in [-0.05, 0) is 52.1 Å². The van der Waals surface area contributed by atoms with Crippen LogP contribution in [0.25, 0.3) is 0 Å². The van der Waals surface area contributed by atoms with Crippen LogP contribution >= 0.6 is 45.2 Å². The average Bonchev–Trinajstić information content (AvgIpc) is 1.98. The molecule has 5 heteroatoms. The first kappa shape index (κ1) is 11.2. The minimum Gasteiger partial charge on any atom is -0.345 e. The van der Waals surface area contributed by atoms with E-state index in [0.29, 0.717) is 13.7 Å². The van der Waals surface area contributed by atoms with E-state index in [-0.39, 0.29) is 11.2 Å². The minimum absolute atomic E-state index is 0.0287. The molecule has 3 nitrogen and oxygen atoms in total. The number of ketones is 1. The quantitative estimate of drug-likeness (QED) is 0.705. The molecular formula is C8H7I2NO2. The molecule has 0 aliphatic rings. The van der Waals surface area contributed by atoms with E-state index in [1.807, 2.05) is 45.2 Å². The van der Waals surface area contributed by atoms with Crippen LogP contribution in [0.1, 0.15) is 6.92 Å². The lowest BCUT2D eigenvalue weighted by Crippen LogP contribution is -2.16. The Hall–Kier alpha value is 0.0800. The maximum absolute atomic E-state index is 11.3. The third kappa shape index (κ3) is 3.04. The van der Waals surface area contributed by atoms with Crippen molar-refractivity contribution in [3.63, 3.8) is 0 Å². The van der Waals surface area contributed by atoms with Gasteiger partial charge in [-0.3, -0.25) is 9.59 Å². The summed E-state index contributed by atoms with van der Waals surface area (Å²) in [5.41, 5.74) is 0.0287. The van der Waals surface area contributed by atoms with Gasteiger partial charge >= 0.3 is 0 Å². The molecule has 0 atom stereocenters. The predicted molar refractivity (Wildman–Crippen MR) is 66.8 cm³/mol. The van der Waals surface area contributed by atoms with E-state index in [1.54, 1.807) is 17.0 Å². The fraction of sp³-hybridized carbons (Fsp3) is 0.250. The highest BCUT2D eigenvalue weighted by Gasteiger charge is 2.03. The SMILES string of the molecule is CC(=O)Cn1cc(I)c(=O)c(I)c1. The molecule has 0 N–H and O–H groups in total. The summed E-state index contributed by atoms with van der Waals surface area (Å²) in [5.74, 6) is 0.0789. The number of halogens is 2. The number of hydrogen-bond acceptors (Lipinski definition) is 2. The van der Waals surface area contributed by atoms with Crippen LogP contribution < -0.4 is 5.43 Å². The van der Waals surface area contributed by atoms with Gasteiger partial charge in [-0.2, -0.15) is 0 Å². The van der Waals surface area contributed by atoms with Gasteiger partial charge in [-0.15, -0.1) is 0 Å². The summed E-state index contributed by atoms with van der Waals surface area (Å²) in [6.45, 7) is 1.85. The van der Waals surface area contributed by atoms with Crippen LogP contribution in [-0.4, -0.2) is 10.4 Å². The highest BCUT2D eigenvalue weighted by molar-refractivity contribution is 14.1. The Kier molecular flexibility index (Phi) is 3.89. The Morgan fingerprint density at radius 2 is 1.85 bits per heavy atom. The molecule has 0 saturated heterocycles. The molecule has 0 bridgehead atoms. The predicted octanol–water partition coefficient (Wildman–Crippen LogP) is 1.65. The fourth-order valence-electron chi connectivity index (χ4n) is 0.908. The second-order valence-corrected chi connectivity index (χ2v) is 4.98. The van der Waals surface area contributed by atoms with Crippen molar-refractivity contribution in [2.45, 2.75) is 13.5 Å². The Labute approximate surface area is 103 Å². The molecule has 1 rings (SSSR count). The van der Waals surface area contributed by atoms with Gasteiger partial charge < -0.3 is 4.57 Å². The first-order valence-corrected chi connectivity index (χ1v) is 5.71. The van der Waals surface area contributed by atoms with Gasteiger partial charge in [0.15, 0.2) is 0 Å². The first-order valence-electron chi connectivity index (χ1n) is 3.55. The highest BCUT2D eigenvalue weighted by Crippen LogP contribution is 2.03. The largest absolute Gasteiger partial charge is 0.345 e. The standard InChI is InChI=1S/C8H7I2NO2/c1-5(12)2-11-3-6(9)8(13)7(10)4-11/h3-4H,2H2,1H3. The Morgan fingerprint density at radius 1 is 1.38 bits per heavy atom. The molecule has 13 heavy (non-hydrogen) atoms. The summed E-state index contributed by atoms with van der Waals surface area (Å²) < 4.78 is 3.02. The van der Waals surface area contributed by atoms with Crippen molar-refractivity contribution in [2.24, 2.45) is 0 Å². The number of pyridine rings is 1. The van der Waals surface area contributed by atoms with E-state index in [4.69, 9.17) is 0 Å². The van der Waals surface area contributed by atoms with E-state index >= 15 is 0 Å². The Morgan fingerprint density at radius 3 is 2.23 bits per heavy atom. The number of hydrogen-bond donors (Lipinski definition) is 0. The number of nitrogens with zero attached hydrogens (tertiary/aromatic N) is 1. The van der Waals surface area contributed by atoms with Gasteiger partial charge in [0.25, 0.3) is 0 Å². The molecule has 0 aliphatic carbocycles. The summed E-state index contributed by atoms with van der Waals surface area (Å²) in [6.07, 6.45) is 3.37. The van der Waals surface area contributed by atoms with E-state index in [9.17, 15) is 9.59 Å². The number of carbonyl (C=O) groups is 1. The summed E-state index contributed by atoms with van der Waals surface area (Å²) in [4.78, 5) is 22.1. The third-order valence-electron chi connectivity index (χ3n) is 1.40. The summed E-state index contributed by atoms with van der Waals surface area (Å²) in [6, 6.07) is 0. The number of carbonyl (C=O) groups excluding carboxylic acids is 1. The van der Waals surface area contributed by atoms with Gasteiger partial charge in [0.2, 0.25) is 5.43 Å². The summed E-state index contributed by atoms with van der Waals surface area (Å²) >= 11 is 3.95. The first-order chi connectivity index (χ1) is 6.00. The Balaban J connectivity index is 3.13. The number of Topliss-reactive ketones (excluding diaryl/α,β-unsaturated/α-hetero) is 1. The monoisotopic (exact) mass is 403 g/mol. The van der Waals surface area contributed by atoms with Crippen molar-refractivity contribution < 1.29 is 4.79 Å². The maximum atomic E-state index is 11.3. The van der Waals surface area contributed by atoms with Crippen molar-refractivity contribution in [1.29, 1.82) is 0 Å². The van der Waals surface area contributed by atoms with Crippen molar-refractivity contribution in [1.82, 2.24) is 4.57 Å². The Bertz CT molecular complexity index is 371. The van der Waals surface area contributed by atoms with Gasteiger partial charge in [-0.25, -0.2) is 0 Å². The van der Waals surface area contributed by atoms with Crippen LogP contribution in [0.4, 0.5) is 0 Å². The lowest BCUT2D eigenvalue weighted by molar-refractivity contribution is -0.117. The normalized spacial score (nSPS) is 10.1. The molecule has 0 aromatic carbocycles. The molecule has 0 radical (unpaired) electrons. The average molecular weight is 403 g/mol. The van der Waals surface area contributed by atoms with Crippen molar-refractivity contribution in [2.75, 3.05) is 0 Å². The fourth-order valence-corrected chi connectivity index (χ4v) is 2.72. The summed E-state index contributed by atoms with van der Waals surface area (Å²) in [5, 5.41) is 0. The molecule has 0 saturated carbocycles. The number of rotatable bonds is 2. The zero-order valence-electron chi connectivity index (χ0n) is 6.88. The van der Waals surface area contributed by atoms with Gasteiger partial charge in [0.1, 0.15) is 5.78 Å². The number of aromatic nitrogens is 1. The molecule has 0 aliphatic heterocycles. The van der Waals surface area contributed by atoms with Crippen LogP contribution in [0.2, 0.25) is 0 Å². The molecular weight excluding hydrogens is 396 g/mol. The zero-order valence-corrected chi connectivity index (χ0v) is 11.2. The molecule has 0 spiro atoms. The van der Waals surface area contributed by atoms with Crippen LogP contribution in [0.15, 0.2) is 17.2 Å². The third-order valence-corrected chi connectivity index (χ3v) is 2.93. The molecule has 0 unspecified atom stereocenters. The van der Waals surface area contributed by atoms with Crippen LogP contribution in [0.3, 0.4) is 0 Å². The second-order valence-electron chi connectivity index (χ2n) is 2.66. The van der Waals surface area contributed by atoms with Crippen molar-refractivity contribution in [3.8, 4) is 0 Å². The maximum Gasteiger partial charge on any atom is 0.208 e. The molecule has 0 fully saturated rings. The lowest BCUT2D eigenvalue weighted by atomic mass is 10.4. The van der Waals surface area contributed by atoms with Crippen molar-refractivity contribution in [3.05, 3.63) is 29.8 Å². The van der Waals surface area contributed by atoms with E-state index in [0.717, 1.165) is 0 Å². The zero-order chi connectivity index (χ0) is 10.0. The van der Waals surface area contributed by atoms with Crippen molar-refractivity contribution >= 4 is 51.0 Å². The van der Waals surface area contributed by atoms with Gasteiger partial charge in [0, 0.05) is 12.4 Å². The van der Waals surface area contributed by atoms with E-state index in [1.165, 1.54) is 6.92 Å². The highest BCUT2D eigenvalue weighted by atomic mass is 127. The smallest absolute Gasteiger partial charge is 0.208 e. The van der Waals surface area contributed by atoms with E-state index in [2.05, 4.69) is 0 Å². The van der Waals surface area contributed by atoms with Crippen LogP contribution in [0, 0.1) is 7.14 Å². The second kappa shape index (κ2) is 4.54.